The van der Waals surface area contributed by atoms with Crippen molar-refractivity contribution in [3.63, 3.8) is 0 Å². The molecule has 11 heteroatoms. The summed E-state index contributed by atoms with van der Waals surface area (Å²) in [5.74, 6) is -0.0839. The Bertz CT molecular complexity index is 1510. The second-order valence-electron chi connectivity index (χ2n) is 9.41. The van der Waals surface area contributed by atoms with Crippen LogP contribution in [0.3, 0.4) is 0 Å². The van der Waals surface area contributed by atoms with Crippen molar-refractivity contribution in [3.05, 3.63) is 70.0 Å². The van der Waals surface area contributed by atoms with Crippen molar-refractivity contribution in [2.75, 3.05) is 51.6 Å². The molecule has 0 aliphatic heterocycles. The first kappa shape index (κ1) is 29.1. The Kier molecular flexibility index (Phi) is 8.87. The number of aromatic nitrogens is 3. The number of hydrogen-bond acceptors (Lipinski definition) is 9. The maximum Gasteiger partial charge on any atom is 0.337 e. The lowest BCUT2D eigenvalue weighted by molar-refractivity contribution is -0.384. The van der Waals surface area contributed by atoms with Gasteiger partial charge in [0.25, 0.3) is 5.69 Å². The van der Waals surface area contributed by atoms with Crippen LogP contribution in [0.4, 0.5) is 23.0 Å². The van der Waals surface area contributed by atoms with Crippen LogP contribution in [0.2, 0.25) is 0 Å². The minimum Gasteiger partial charge on any atom is -0.465 e. The van der Waals surface area contributed by atoms with Crippen LogP contribution in [0.25, 0.3) is 22.2 Å². The van der Waals surface area contributed by atoms with Crippen molar-refractivity contribution >= 4 is 39.9 Å². The first-order chi connectivity index (χ1) is 18.1. The fraction of sp³-hybridized carbons (Fsp3) is 0.321. The molecule has 0 aliphatic rings. The van der Waals surface area contributed by atoms with E-state index in [1.807, 2.05) is 67.8 Å². The molecule has 4 rings (SSSR count). The largest absolute Gasteiger partial charge is 0.465 e. The summed E-state index contributed by atoms with van der Waals surface area (Å²) >= 11 is 0. The summed E-state index contributed by atoms with van der Waals surface area (Å²) < 4.78 is 6.76. The van der Waals surface area contributed by atoms with Crippen LogP contribution in [0.5, 0.6) is 0 Å². The molecule has 206 valence electrons. The van der Waals surface area contributed by atoms with E-state index in [-0.39, 0.29) is 18.0 Å². The molecule has 2 aromatic heterocycles. The van der Waals surface area contributed by atoms with Crippen LogP contribution in [0.15, 0.2) is 48.8 Å². The Hall–Kier alpha value is -4.51. The lowest BCUT2D eigenvalue weighted by Gasteiger charge is -2.22. The van der Waals surface area contributed by atoms with E-state index in [4.69, 9.17) is 4.74 Å². The number of nitro benzene ring substituents is 1. The van der Waals surface area contributed by atoms with E-state index in [1.54, 1.807) is 24.4 Å². The quantitative estimate of drug-likeness (QED) is 0.180. The van der Waals surface area contributed by atoms with Gasteiger partial charge in [-0.15, -0.1) is 0 Å². The number of nitrogens with zero attached hydrogens (tertiary/aromatic N) is 6. The zero-order valence-electron chi connectivity index (χ0n) is 22.3. The number of esters is 1. The summed E-state index contributed by atoms with van der Waals surface area (Å²) in [6, 6.07) is 10.5. The number of carbonyl (C=O) groups excluding carboxylic acids is 1. The summed E-state index contributed by atoms with van der Waals surface area (Å²) in [6.45, 7) is 3.31. The number of fused-ring (bicyclic) bond motifs is 1. The van der Waals surface area contributed by atoms with Crippen molar-refractivity contribution in [1.29, 1.82) is 0 Å². The van der Waals surface area contributed by atoms with Crippen molar-refractivity contribution in [2.24, 2.45) is 7.05 Å². The molecule has 0 radical (unpaired) electrons. The van der Waals surface area contributed by atoms with Gasteiger partial charge in [0.1, 0.15) is 5.69 Å². The monoisotopic (exact) mass is 533 g/mol. The van der Waals surface area contributed by atoms with Crippen molar-refractivity contribution in [1.82, 2.24) is 19.4 Å². The second-order valence-corrected chi connectivity index (χ2v) is 9.41. The summed E-state index contributed by atoms with van der Waals surface area (Å²) in [5, 5.41) is 16.0. The fourth-order valence-corrected chi connectivity index (χ4v) is 4.26. The molecular formula is C28H35N7O4. The van der Waals surface area contributed by atoms with Gasteiger partial charge in [-0.05, 0) is 50.8 Å². The highest BCUT2D eigenvalue weighted by Crippen LogP contribution is 2.35. The Labute approximate surface area is 228 Å². The van der Waals surface area contributed by atoms with Crippen LogP contribution in [-0.4, -0.2) is 71.7 Å². The molecule has 2 aromatic carbocycles. The molecule has 4 aromatic rings. The molecule has 0 atom stereocenters. The third-order valence-electron chi connectivity index (χ3n) is 6.40. The minimum absolute atomic E-state index is 0. The van der Waals surface area contributed by atoms with Gasteiger partial charge in [0, 0.05) is 62.1 Å². The van der Waals surface area contributed by atoms with Crippen molar-refractivity contribution in [3.8, 4) is 11.3 Å². The van der Waals surface area contributed by atoms with Crippen LogP contribution >= 0.6 is 0 Å². The number of aryl methyl sites for hydroxylation is 2. The van der Waals surface area contributed by atoms with Gasteiger partial charge in [-0.25, -0.2) is 14.8 Å². The van der Waals surface area contributed by atoms with Gasteiger partial charge in [0.2, 0.25) is 5.95 Å². The molecule has 0 spiro atoms. The molecule has 0 unspecified atom stereocenters. The number of rotatable bonds is 9. The molecule has 0 fully saturated rings. The second kappa shape index (κ2) is 11.9. The van der Waals surface area contributed by atoms with Gasteiger partial charge in [-0.3, -0.25) is 10.1 Å². The average molecular weight is 534 g/mol. The maximum absolute atomic E-state index is 12.0. The first-order valence-corrected chi connectivity index (χ1v) is 12.0. The van der Waals surface area contributed by atoms with Gasteiger partial charge in [-0.2, -0.15) is 0 Å². The molecule has 0 amide bonds. The van der Waals surface area contributed by atoms with Crippen molar-refractivity contribution < 1.29 is 14.5 Å². The molecule has 0 bridgehead atoms. The van der Waals surface area contributed by atoms with E-state index in [0.29, 0.717) is 35.1 Å². The predicted octanol–water partition coefficient (Wildman–Crippen LogP) is 5.02. The zero-order chi connectivity index (χ0) is 27.6. The van der Waals surface area contributed by atoms with Crippen molar-refractivity contribution in [2.45, 2.75) is 14.4 Å². The van der Waals surface area contributed by atoms with Gasteiger partial charge in [0.05, 0.1) is 29.0 Å². The summed E-state index contributed by atoms with van der Waals surface area (Å²) in [5.41, 5.74) is 4.80. The lowest BCUT2D eigenvalue weighted by atomic mass is 10.1. The summed E-state index contributed by atoms with van der Waals surface area (Å²) in [4.78, 5) is 36.4. The van der Waals surface area contributed by atoms with E-state index >= 15 is 0 Å². The third kappa shape index (κ3) is 6.15. The normalized spacial score (nSPS) is 10.8. The van der Waals surface area contributed by atoms with Crippen LogP contribution < -0.4 is 10.2 Å². The number of nitrogens with one attached hydrogen (secondary N) is 1. The molecule has 2 heterocycles. The first-order valence-electron chi connectivity index (χ1n) is 12.0. The molecular weight excluding hydrogens is 498 g/mol. The minimum atomic E-state index is -0.400. The molecule has 39 heavy (non-hydrogen) atoms. The number of carbonyl (C=O) groups is 1. The third-order valence-corrected chi connectivity index (χ3v) is 6.40. The highest BCUT2D eigenvalue weighted by molar-refractivity contribution is 6.00. The number of nitro groups is 1. The Morgan fingerprint density at radius 2 is 1.90 bits per heavy atom. The predicted molar refractivity (Wildman–Crippen MR) is 155 cm³/mol. The Balaban J connectivity index is 0.00000420. The average Bonchev–Trinajstić information content (AvgIpc) is 3.23. The highest BCUT2D eigenvalue weighted by Gasteiger charge is 2.21. The van der Waals surface area contributed by atoms with Crippen LogP contribution in [-0.2, 0) is 11.8 Å². The smallest absolute Gasteiger partial charge is 0.337 e. The standard InChI is InChI=1S/C27H31N7O4.CH4/c1-17-13-24(32(4)12-11-31(2)3)25(34(36)37)15-22(17)30-27-28-10-9-21(29-27)20-16-33(5)23-14-18(26(35)38-6)7-8-19(20)23;/h7-10,13-16H,11-12H2,1-6H3,(H,28,29,30);1H4. The molecule has 0 saturated carbocycles. The molecule has 0 aliphatic carbocycles. The van der Waals surface area contributed by atoms with E-state index in [9.17, 15) is 14.9 Å². The molecule has 0 saturated heterocycles. The van der Waals surface area contributed by atoms with Gasteiger partial charge < -0.3 is 24.4 Å². The maximum atomic E-state index is 12.0. The number of benzene rings is 2. The van der Waals surface area contributed by atoms with E-state index in [0.717, 1.165) is 28.6 Å². The SMILES string of the molecule is C.COC(=O)c1ccc2c(-c3ccnc(Nc4cc([N+](=O)[O-])c(N(C)CCN(C)C)cc4C)n3)cn(C)c2c1. The number of likely N-dealkylation sites (N-methyl/N-ethyl adjacent to an activating group) is 2. The van der Waals surface area contributed by atoms with Crippen LogP contribution in [0.1, 0.15) is 23.3 Å². The number of hydrogen-bond donors (Lipinski definition) is 1. The van der Waals surface area contributed by atoms with Gasteiger partial charge in [0.15, 0.2) is 0 Å². The van der Waals surface area contributed by atoms with E-state index in [1.165, 1.54) is 13.2 Å². The Morgan fingerprint density at radius 1 is 1.15 bits per heavy atom. The highest BCUT2D eigenvalue weighted by atomic mass is 16.6. The zero-order valence-corrected chi connectivity index (χ0v) is 22.3. The Morgan fingerprint density at radius 3 is 2.56 bits per heavy atom. The molecule has 11 nitrogen and oxygen atoms in total. The van der Waals surface area contributed by atoms with Gasteiger partial charge >= 0.3 is 5.97 Å². The topological polar surface area (TPSA) is 119 Å². The number of ether oxygens (including phenoxy) is 1. The van der Waals surface area contributed by atoms with E-state index in [2.05, 4.69) is 15.3 Å². The summed E-state index contributed by atoms with van der Waals surface area (Å²) in [7, 11) is 9.03. The van der Waals surface area contributed by atoms with Gasteiger partial charge in [-0.1, -0.05) is 13.5 Å². The number of methoxy groups -OCH3 is 1. The summed E-state index contributed by atoms with van der Waals surface area (Å²) in [6.07, 6.45) is 3.58. The van der Waals surface area contributed by atoms with Crippen LogP contribution in [0, 0.1) is 17.0 Å². The fourth-order valence-electron chi connectivity index (χ4n) is 4.26. The van der Waals surface area contributed by atoms with E-state index < -0.39 is 5.97 Å². The number of anilines is 3. The lowest BCUT2D eigenvalue weighted by Crippen LogP contribution is -2.29. The molecule has 1 N–H and O–H groups in total.